The van der Waals surface area contributed by atoms with Gasteiger partial charge in [0, 0.05) is 27.5 Å². The minimum absolute atomic E-state index is 0.379. The molecule has 4 heteroatoms. The van der Waals surface area contributed by atoms with Crippen LogP contribution in [-0.4, -0.2) is 15.0 Å². The van der Waals surface area contributed by atoms with Crippen LogP contribution in [0.1, 0.15) is 22.3 Å². The molecule has 0 fully saturated rings. The third-order valence-electron chi connectivity index (χ3n) is 11.8. The van der Waals surface area contributed by atoms with Gasteiger partial charge in [-0.15, -0.1) is 0 Å². The summed E-state index contributed by atoms with van der Waals surface area (Å²) in [6, 6.07) is 66.9. The molecule has 0 N–H and O–H groups in total. The van der Waals surface area contributed by atoms with E-state index in [2.05, 4.69) is 127 Å². The van der Waals surface area contributed by atoms with Crippen LogP contribution >= 0.6 is 0 Å². The Labute approximate surface area is 323 Å². The Hall–Kier alpha value is -7.43. The van der Waals surface area contributed by atoms with E-state index in [1.165, 1.54) is 50.1 Å². The fourth-order valence-corrected chi connectivity index (χ4v) is 9.30. The number of aromatic nitrogens is 3. The molecule has 2 aliphatic rings. The topological polar surface area (TPSA) is 51.8 Å². The van der Waals surface area contributed by atoms with Crippen LogP contribution in [0, 0.1) is 0 Å². The number of furan rings is 1. The minimum Gasteiger partial charge on any atom is -0.456 e. The highest BCUT2D eigenvalue weighted by Gasteiger charge is 2.51. The van der Waals surface area contributed by atoms with Gasteiger partial charge in [0.25, 0.3) is 0 Å². The first-order valence-corrected chi connectivity index (χ1v) is 19.0. The van der Waals surface area contributed by atoms with E-state index in [9.17, 15) is 0 Å². The van der Waals surface area contributed by atoms with E-state index in [1.54, 1.807) is 0 Å². The lowest BCUT2D eigenvalue weighted by Gasteiger charge is -2.30. The number of benzene rings is 8. The summed E-state index contributed by atoms with van der Waals surface area (Å²) in [4.78, 5) is 15.1. The molecule has 0 saturated heterocycles. The lowest BCUT2D eigenvalue weighted by molar-refractivity contribution is 0.669. The van der Waals surface area contributed by atoms with Crippen molar-refractivity contribution in [2.75, 3.05) is 0 Å². The van der Waals surface area contributed by atoms with Crippen molar-refractivity contribution in [2.45, 2.75) is 5.41 Å². The van der Waals surface area contributed by atoms with Crippen LogP contribution in [0.15, 0.2) is 192 Å². The SMILES string of the molecule is c1ccc(-c2nc(-c3ccc(-c4ccc5c(c4)C4(c6ccccc6-c6ccccc64)c4ccccc4-5)cc3)nc(-c3ccc4oc5ccccc5c4c3)n2)cc1. The Balaban J connectivity index is 0.980. The molecule has 0 unspecified atom stereocenters. The van der Waals surface area contributed by atoms with Crippen LogP contribution in [0.3, 0.4) is 0 Å². The van der Waals surface area contributed by atoms with Crippen LogP contribution in [0.25, 0.3) is 89.5 Å². The molecule has 2 heterocycles. The molecule has 0 aliphatic heterocycles. The van der Waals surface area contributed by atoms with Crippen molar-refractivity contribution in [1.82, 2.24) is 15.0 Å². The van der Waals surface area contributed by atoms with Gasteiger partial charge in [-0.1, -0.05) is 158 Å². The van der Waals surface area contributed by atoms with E-state index < -0.39 is 0 Å². The summed E-state index contributed by atoms with van der Waals surface area (Å²) in [6.07, 6.45) is 0. The monoisotopic (exact) mass is 713 g/mol. The first-order valence-electron chi connectivity index (χ1n) is 19.0. The third kappa shape index (κ3) is 4.38. The molecule has 0 atom stereocenters. The summed E-state index contributed by atoms with van der Waals surface area (Å²) in [7, 11) is 0. The first-order chi connectivity index (χ1) is 27.7. The molecular weight excluding hydrogens is 683 g/mol. The van der Waals surface area contributed by atoms with Gasteiger partial charge in [0.2, 0.25) is 0 Å². The van der Waals surface area contributed by atoms with E-state index in [-0.39, 0.29) is 5.41 Å². The van der Waals surface area contributed by atoms with E-state index >= 15 is 0 Å². The molecule has 260 valence electrons. The Kier molecular flexibility index (Phi) is 6.52. The molecule has 12 rings (SSSR count). The third-order valence-corrected chi connectivity index (χ3v) is 11.8. The van der Waals surface area contributed by atoms with Crippen molar-refractivity contribution < 1.29 is 4.42 Å². The second-order valence-electron chi connectivity index (χ2n) is 14.7. The van der Waals surface area contributed by atoms with E-state index in [0.717, 1.165) is 44.2 Å². The van der Waals surface area contributed by atoms with Gasteiger partial charge in [-0.3, -0.25) is 0 Å². The zero-order valence-corrected chi connectivity index (χ0v) is 30.1. The van der Waals surface area contributed by atoms with Gasteiger partial charge in [0.15, 0.2) is 17.5 Å². The highest BCUT2D eigenvalue weighted by molar-refractivity contribution is 6.06. The molecule has 1 spiro atoms. The van der Waals surface area contributed by atoms with Crippen LogP contribution in [0.5, 0.6) is 0 Å². The van der Waals surface area contributed by atoms with Gasteiger partial charge >= 0.3 is 0 Å². The summed E-state index contributed by atoms with van der Waals surface area (Å²) < 4.78 is 6.12. The first kappa shape index (κ1) is 31.0. The van der Waals surface area contributed by atoms with Crippen LogP contribution < -0.4 is 0 Å². The Bertz CT molecular complexity index is 3130. The van der Waals surface area contributed by atoms with Crippen molar-refractivity contribution in [3.8, 4) is 67.5 Å². The lowest BCUT2D eigenvalue weighted by Crippen LogP contribution is -2.25. The van der Waals surface area contributed by atoms with E-state index in [1.807, 2.05) is 60.7 Å². The average Bonchev–Trinajstić information content (AvgIpc) is 3.90. The normalized spacial score (nSPS) is 13.1. The number of rotatable bonds is 4. The van der Waals surface area contributed by atoms with E-state index in [4.69, 9.17) is 19.4 Å². The van der Waals surface area contributed by atoms with Crippen molar-refractivity contribution in [1.29, 1.82) is 0 Å². The molecular formula is C52H31N3O. The van der Waals surface area contributed by atoms with Crippen LogP contribution in [0.4, 0.5) is 0 Å². The minimum atomic E-state index is -0.379. The van der Waals surface area contributed by atoms with Gasteiger partial charge in [0.05, 0.1) is 5.41 Å². The summed E-state index contributed by atoms with van der Waals surface area (Å²) in [6.45, 7) is 0. The average molecular weight is 714 g/mol. The van der Waals surface area contributed by atoms with E-state index in [0.29, 0.717) is 17.5 Å². The number of nitrogens with zero attached hydrogens (tertiary/aromatic N) is 3. The predicted octanol–water partition coefficient (Wildman–Crippen LogP) is 12.8. The fraction of sp³-hybridized carbons (Fsp3) is 0.0192. The largest absolute Gasteiger partial charge is 0.456 e. The molecule has 4 nitrogen and oxygen atoms in total. The number of hydrogen-bond acceptors (Lipinski definition) is 4. The van der Waals surface area contributed by atoms with Crippen LogP contribution in [-0.2, 0) is 5.41 Å². The van der Waals surface area contributed by atoms with Crippen molar-refractivity contribution in [2.24, 2.45) is 0 Å². The molecule has 10 aromatic rings. The van der Waals surface area contributed by atoms with Gasteiger partial charge in [-0.2, -0.15) is 0 Å². The summed E-state index contributed by atoms with van der Waals surface area (Å²) in [5.74, 6) is 1.87. The summed E-state index contributed by atoms with van der Waals surface area (Å²) >= 11 is 0. The second kappa shape index (κ2) is 11.8. The maximum atomic E-state index is 6.12. The standard InChI is InChI=1S/C52H31N3O/c1-2-12-33(13-3-1)49-53-50(55-51(54-49)36-27-29-48-42(30-36)41-17-7-11-21-47(41)56-48)34-24-22-32(23-25-34)35-26-28-40-39-16-6-10-20-45(39)52(46(40)31-35)43-18-8-4-14-37(43)38-15-5-9-19-44(38)52/h1-31H. The molecule has 8 aromatic carbocycles. The van der Waals surface area contributed by atoms with Crippen molar-refractivity contribution >= 4 is 21.9 Å². The quantitative estimate of drug-likeness (QED) is 0.182. The Morgan fingerprint density at radius 3 is 1.43 bits per heavy atom. The maximum absolute atomic E-state index is 6.12. The number of hydrogen-bond donors (Lipinski definition) is 0. The lowest BCUT2D eigenvalue weighted by atomic mass is 9.70. The Morgan fingerprint density at radius 2 is 0.768 bits per heavy atom. The number of fused-ring (bicyclic) bond motifs is 13. The Morgan fingerprint density at radius 1 is 0.304 bits per heavy atom. The molecule has 0 radical (unpaired) electrons. The number of para-hydroxylation sites is 1. The molecule has 2 aliphatic carbocycles. The zero-order chi connectivity index (χ0) is 36.8. The summed E-state index contributed by atoms with van der Waals surface area (Å²) in [5.41, 5.74) is 17.0. The van der Waals surface area contributed by atoms with Crippen molar-refractivity contribution in [3.05, 3.63) is 210 Å². The second-order valence-corrected chi connectivity index (χ2v) is 14.7. The van der Waals surface area contributed by atoms with Gasteiger partial charge in [-0.25, -0.2) is 15.0 Å². The predicted molar refractivity (Wildman–Crippen MR) is 225 cm³/mol. The highest BCUT2D eigenvalue weighted by atomic mass is 16.3. The highest BCUT2D eigenvalue weighted by Crippen LogP contribution is 2.63. The molecule has 0 saturated carbocycles. The smallest absolute Gasteiger partial charge is 0.164 e. The fourth-order valence-electron chi connectivity index (χ4n) is 9.30. The zero-order valence-electron chi connectivity index (χ0n) is 30.1. The van der Waals surface area contributed by atoms with Gasteiger partial charge in [0.1, 0.15) is 11.2 Å². The summed E-state index contributed by atoms with van der Waals surface area (Å²) in [5, 5.41) is 2.11. The van der Waals surface area contributed by atoms with Gasteiger partial charge < -0.3 is 4.42 Å². The van der Waals surface area contributed by atoms with Crippen LogP contribution in [0.2, 0.25) is 0 Å². The maximum Gasteiger partial charge on any atom is 0.164 e. The van der Waals surface area contributed by atoms with Crippen molar-refractivity contribution in [3.63, 3.8) is 0 Å². The van der Waals surface area contributed by atoms with Gasteiger partial charge in [-0.05, 0) is 86.0 Å². The molecule has 0 bridgehead atoms. The molecule has 56 heavy (non-hydrogen) atoms. The molecule has 0 amide bonds. The molecule has 2 aromatic heterocycles.